The van der Waals surface area contributed by atoms with Crippen molar-refractivity contribution in [3.05, 3.63) is 77.2 Å². The summed E-state index contributed by atoms with van der Waals surface area (Å²) >= 11 is 0. The van der Waals surface area contributed by atoms with Crippen LogP contribution in [-0.2, 0) is 37.8 Å². The molecule has 0 unspecified atom stereocenters. The SMILES string of the molecule is Cn1cc(CCC(=O)NCc2cccnc2N2CCc3ccccc3C2)cn1. The van der Waals surface area contributed by atoms with Gasteiger partial charge in [-0.15, -0.1) is 0 Å². The van der Waals surface area contributed by atoms with Crippen LogP contribution in [-0.4, -0.2) is 27.2 Å². The molecule has 6 heteroatoms. The molecule has 144 valence electrons. The van der Waals surface area contributed by atoms with Crippen molar-refractivity contribution in [3.8, 4) is 0 Å². The van der Waals surface area contributed by atoms with E-state index in [4.69, 9.17) is 0 Å². The van der Waals surface area contributed by atoms with Crippen molar-refractivity contribution in [2.45, 2.75) is 32.4 Å². The summed E-state index contributed by atoms with van der Waals surface area (Å²) in [5.74, 6) is 1.01. The molecule has 0 saturated carbocycles. The Morgan fingerprint density at radius 2 is 2.04 bits per heavy atom. The number of hydrogen-bond acceptors (Lipinski definition) is 4. The maximum Gasteiger partial charge on any atom is 0.220 e. The van der Waals surface area contributed by atoms with Crippen LogP contribution < -0.4 is 10.2 Å². The predicted molar refractivity (Wildman–Crippen MR) is 109 cm³/mol. The molecule has 1 aromatic carbocycles. The van der Waals surface area contributed by atoms with Crippen LogP contribution in [0.2, 0.25) is 0 Å². The number of fused-ring (bicyclic) bond motifs is 1. The second kappa shape index (κ2) is 8.25. The molecule has 0 fully saturated rings. The topological polar surface area (TPSA) is 63.1 Å². The number of aryl methyl sites for hydroxylation is 2. The van der Waals surface area contributed by atoms with Crippen LogP contribution in [0.3, 0.4) is 0 Å². The van der Waals surface area contributed by atoms with Gasteiger partial charge < -0.3 is 10.2 Å². The normalized spacial score (nSPS) is 13.2. The maximum absolute atomic E-state index is 12.3. The van der Waals surface area contributed by atoms with Gasteiger partial charge in [0.1, 0.15) is 5.82 Å². The summed E-state index contributed by atoms with van der Waals surface area (Å²) < 4.78 is 1.76. The summed E-state index contributed by atoms with van der Waals surface area (Å²) in [6.45, 7) is 2.29. The third-order valence-electron chi connectivity index (χ3n) is 5.17. The maximum atomic E-state index is 12.3. The van der Waals surface area contributed by atoms with Crippen LogP contribution >= 0.6 is 0 Å². The lowest BCUT2D eigenvalue weighted by Crippen LogP contribution is -2.32. The van der Waals surface area contributed by atoms with Crippen LogP contribution in [0.25, 0.3) is 0 Å². The molecule has 1 amide bonds. The molecule has 1 aliphatic heterocycles. The number of aromatic nitrogens is 3. The number of nitrogens with one attached hydrogen (secondary N) is 1. The number of carbonyl (C=O) groups is 1. The Balaban J connectivity index is 1.37. The fourth-order valence-corrected chi connectivity index (χ4v) is 3.67. The van der Waals surface area contributed by atoms with E-state index in [1.807, 2.05) is 31.6 Å². The average molecular weight is 375 g/mol. The van der Waals surface area contributed by atoms with Crippen molar-refractivity contribution < 1.29 is 4.79 Å². The molecule has 0 aliphatic carbocycles. The lowest BCUT2D eigenvalue weighted by molar-refractivity contribution is -0.121. The van der Waals surface area contributed by atoms with E-state index in [1.165, 1.54) is 11.1 Å². The second-order valence-electron chi connectivity index (χ2n) is 7.23. The molecule has 0 saturated heterocycles. The number of nitrogens with zero attached hydrogens (tertiary/aromatic N) is 4. The van der Waals surface area contributed by atoms with Gasteiger partial charge >= 0.3 is 0 Å². The zero-order valence-corrected chi connectivity index (χ0v) is 16.1. The summed E-state index contributed by atoms with van der Waals surface area (Å²) in [5.41, 5.74) is 4.90. The quantitative estimate of drug-likeness (QED) is 0.719. The first-order chi connectivity index (χ1) is 13.7. The Hall–Kier alpha value is -3.15. The van der Waals surface area contributed by atoms with E-state index in [1.54, 1.807) is 10.9 Å². The van der Waals surface area contributed by atoms with E-state index >= 15 is 0 Å². The molecule has 2 aromatic heterocycles. The van der Waals surface area contributed by atoms with Crippen LogP contribution in [0.5, 0.6) is 0 Å². The zero-order valence-electron chi connectivity index (χ0n) is 16.1. The first-order valence-electron chi connectivity index (χ1n) is 9.69. The Kier molecular flexibility index (Phi) is 5.37. The molecule has 3 aromatic rings. The minimum Gasteiger partial charge on any atom is -0.352 e. The number of anilines is 1. The van der Waals surface area contributed by atoms with Crippen LogP contribution in [0.1, 0.15) is 28.7 Å². The number of pyridine rings is 1. The van der Waals surface area contributed by atoms with E-state index in [2.05, 4.69) is 44.6 Å². The minimum absolute atomic E-state index is 0.0441. The molecule has 1 N–H and O–H groups in total. The van der Waals surface area contributed by atoms with Gasteiger partial charge in [-0.25, -0.2) is 4.98 Å². The van der Waals surface area contributed by atoms with Crippen molar-refractivity contribution in [3.63, 3.8) is 0 Å². The smallest absolute Gasteiger partial charge is 0.220 e. The third kappa shape index (κ3) is 4.22. The number of amides is 1. The van der Waals surface area contributed by atoms with Crippen molar-refractivity contribution in [2.24, 2.45) is 7.05 Å². The molecule has 6 nitrogen and oxygen atoms in total. The highest BCUT2D eigenvalue weighted by Gasteiger charge is 2.19. The van der Waals surface area contributed by atoms with Gasteiger partial charge in [0.25, 0.3) is 0 Å². The molecule has 4 rings (SSSR count). The monoisotopic (exact) mass is 375 g/mol. The van der Waals surface area contributed by atoms with Gasteiger partial charge in [-0.2, -0.15) is 5.10 Å². The van der Waals surface area contributed by atoms with Gasteiger partial charge in [0.05, 0.1) is 6.20 Å². The predicted octanol–water partition coefficient (Wildman–Crippen LogP) is 2.63. The lowest BCUT2D eigenvalue weighted by Gasteiger charge is -2.31. The van der Waals surface area contributed by atoms with Gasteiger partial charge in [0.2, 0.25) is 5.91 Å². The second-order valence-corrected chi connectivity index (χ2v) is 7.23. The van der Waals surface area contributed by atoms with Gasteiger partial charge in [-0.1, -0.05) is 30.3 Å². The van der Waals surface area contributed by atoms with Gasteiger partial charge in [-0.05, 0) is 35.6 Å². The van der Waals surface area contributed by atoms with Crippen LogP contribution in [0.15, 0.2) is 55.0 Å². The van der Waals surface area contributed by atoms with Crippen molar-refractivity contribution in [1.29, 1.82) is 0 Å². The number of rotatable bonds is 6. The first-order valence-corrected chi connectivity index (χ1v) is 9.69. The highest BCUT2D eigenvalue weighted by Crippen LogP contribution is 2.25. The molecule has 28 heavy (non-hydrogen) atoms. The standard InChI is InChI=1S/C22H25N5O/c1-26-15-17(13-25-26)8-9-21(28)24-14-19-7-4-11-23-22(19)27-12-10-18-5-2-3-6-20(18)16-27/h2-7,11,13,15H,8-10,12,14,16H2,1H3,(H,24,28). The summed E-state index contributed by atoms with van der Waals surface area (Å²) in [7, 11) is 1.88. The van der Waals surface area contributed by atoms with E-state index < -0.39 is 0 Å². The largest absolute Gasteiger partial charge is 0.352 e. The fraction of sp³-hybridized carbons (Fsp3) is 0.318. The van der Waals surface area contributed by atoms with Crippen molar-refractivity contribution >= 4 is 11.7 Å². The minimum atomic E-state index is 0.0441. The number of carbonyl (C=O) groups excluding carboxylic acids is 1. The molecule has 1 aliphatic rings. The Morgan fingerprint density at radius 1 is 1.18 bits per heavy atom. The lowest BCUT2D eigenvalue weighted by atomic mass is 9.99. The van der Waals surface area contributed by atoms with E-state index in [9.17, 15) is 4.79 Å². The number of hydrogen-bond donors (Lipinski definition) is 1. The average Bonchev–Trinajstić information content (AvgIpc) is 3.16. The van der Waals surface area contributed by atoms with E-state index in [0.717, 1.165) is 36.5 Å². The fourth-order valence-electron chi connectivity index (χ4n) is 3.67. The summed E-state index contributed by atoms with van der Waals surface area (Å²) in [6, 6.07) is 12.5. The molecular weight excluding hydrogens is 350 g/mol. The summed E-state index contributed by atoms with van der Waals surface area (Å²) in [6.07, 6.45) is 7.75. The van der Waals surface area contributed by atoms with Gasteiger partial charge in [0, 0.05) is 51.1 Å². The van der Waals surface area contributed by atoms with Crippen LogP contribution in [0.4, 0.5) is 5.82 Å². The van der Waals surface area contributed by atoms with Crippen molar-refractivity contribution in [1.82, 2.24) is 20.1 Å². The highest BCUT2D eigenvalue weighted by molar-refractivity contribution is 5.76. The van der Waals surface area contributed by atoms with Crippen LogP contribution in [0, 0.1) is 0 Å². The zero-order chi connectivity index (χ0) is 19.3. The van der Waals surface area contributed by atoms with Crippen molar-refractivity contribution in [2.75, 3.05) is 11.4 Å². The summed E-state index contributed by atoms with van der Waals surface area (Å²) in [4.78, 5) is 19.2. The molecule has 0 spiro atoms. The summed E-state index contributed by atoms with van der Waals surface area (Å²) in [5, 5.41) is 7.18. The molecule has 0 bridgehead atoms. The first kappa shape index (κ1) is 18.2. The third-order valence-corrected chi connectivity index (χ3v) is 5.17. The van der Waals surface area contributed by atoms with Gasteiger partial charge in [0.15, 0.2) is 0 Å². The molecule has 0 radical (unpaired) electrons. The Bertz CT molecular complexity index is 965. The number of benzene rings is 1. The Labute approximate surface area is 165 Å². The van der Waals surface area contributed by atoms with E-state index in [-0.39, 0.29) is 5.91 Å². The van der Waals surface area contributed by atoms with E-state index in [0.29, 0.717) is 19.4 Å². The molecule has 0 atom stereocenters. The highest BCUT2D eigenvalue weighted by atomic mass is 16.1. The van der Waals surface area contributed by atoms with Gasteiger partial charge in [-0.3, -0.25) is 9.48 Å². The Morgan fingerprint density at radius 3 is 2.86 bits per heavy atom. The molecular formula is C22H25N5O. The molecule has 3 heterocycles.